The molecule has 7 nitrogen and oxygen atoms in total. The normalized spacial score (nSPS) is 17.4. The van der Waals surface area contributed by atoms with Gasteiger partial charge in [-0.2, -0.15) is 23.0 Å². The second kappa shape index (κ2) is 9.16. The third kappa shape index (κ3) is 4.19. The van der Waals surface area contributed by atoms with E-state index in [1.165, 1.54) is 26.4 Å². The molecule has 2 heterocycles. The number of aliphatic hydroxyl groups excluding tert-OH is 1. The molecular formula is C26H26F3N3O4. The van der Waals surface area contributed by atoms with Gasteiger partial charge in [-0.15, -0.1) is 0 Å². The summed E-state index contributed by atoms with van der Waals surface area (Å²) < 4.78 is 53.9. The number of benzene rings is 2. The van der Waals surface area contributed by atoms with E-state index >= 15 is 0 Å². The van der Waals surface area contributed by atoms with Crippen LogP contribution in [0, 0.1) is 0 Å². The van der Waals surface area contributed by atoms with Crippen molar-refractivity contribution in [2.24, 2.45) is 0 Å². The third-order valence-electron chi connectivity index (χ3n) is 6.85. The van der Waals surface area contributed by atoms with Crippen molar-refractivity contribution in [1.82, 2.24) is 9.78 Å². The minimum atomic E-state index is -4.69. The Morgan fingerprint density at radius 1 is 1.03 bits per heavy atom. The lowest BCUT2D eigenvalue weighted by atomic mass is 10.0. The van der Waals surface area contributed by atoms with Gasteiger partial charge in [-0.1, -0.05) is 0 Å². The molecule has 0 radical (unpaired) electrons. The lowest BCUT2D eigenvalue weighted by molar-refractivity contribution is -0.137. The lowest BCUT2D eigenvalue weighted by Crippen LogP contribution is -2.29. The number of rotatable bonds is 5. The number of methoxy groups -OCH3 is 2. The van der Waals surface area contributed by atoms with Crippen LogP contribution in [-0.2, 0) is 19.0 Å². The van der Waals surface area contributed by atoms with Gasteiger partial charge in [0.2, 0.25) is 0 Å². The first-order chi connectivity index (χ1) is 17.2. The number of hydrogen-bond donors (Lipinski definition) is 1. The summed E-state index contributed by atoms with van der Waals surface area (Å²) in [5.74, 6) is 0.956. The highest BCUT2D eigenvalue weighted by atomic mass is 19.4. The molecule has 1 N–H and O–H groups in total. The van der Waals surface area contributed by atoms with Crippen molar-refractivity contribution in [3.63, 3.8) is 0 Å². The first-order valence-corrected chi connectivity index (χ1v) is 11.7. The molecule has 0 spiro atoms. The molecule has 5 rings (SSSR count). The predicted octanol–water partition coefficient (Wildman–Crippen LogP) is 4.00. The van der Waals surface area contributed by atoms with Crippen LogP contribution in [0.3, 0.4) is 0 Å². The summed E-state index contributed by atoms with van der Waals surface area (Å²) in [4.78, 5) is 15.3. The number of aromatic nitrogens is 2. The van der Waals surface area contributed by atoms with Crippen LogP contribution in [0.1, 0.15) is 29.5 Å². The highest BCUT2D eigenvalue weighted by Crippen LogP contribution is 2.38. The van der Waals surface area contributed by atoms with Gasteiger partial charge in [0.1, 0.15) is 0 Å². The van der Waals surface area contributed by atoms with Crippen molar-refractivity contribution >= 4 is 5.69 Å². The zero-order valence-corrected chi connectivity index (χ0v) is 19.9. The summed E-state index contributed by atoms with van der Waals surface area (Å²) >= 11 is 0. The summed E-state index contributed by atoms with van der Waals surface area (Å²) in [5.41, 5.74) is 0.956. The number of β-amino-alcohol motifs (C(OH)–C–C–N with tert-alkyl or cyclic N) is 1. The Kier molecular flexibility index (Phi) is 6.15. The SMILES string of the molecule is COc1ccc(-c2nn(-c3cc(N4CCC(O)C4)ccc3C(F)(F)F)c(=O)c3c2CCC3)cc1OC. The molecule has 1 saturated heterocycles. The monoisotopic (exact) mass is 501 g/mol. The molecule has 1 aliphatic heterocycles. The van der Waals surface area contributed by atoms with E-state index in [9.17, 15) is 23.1 Å². The van der Waals surface area contributed by atoms with E-state index in [4.69, 9.17) is 9.47 Å². The summed E-state index contributed by atoms with van der Waals surface area (Å²) in [7, 11) is 3.01. The van der Waals surface area contributed by atoms with E-state index in [2.05, 4.69) is 5.10 Å². The summed E-state index contributed by atoms with van der Waals surface area (Å²) in [6.07, 6.45) is -2.92. The predicted molar refractivity (Wildman–Crippen MR) is 128 cm³/mol. The van der Waals surface area contributed by atoms with Gasteiger partial charge >= 0.3 is 6.18 Å². The Labute approximate surface area is 205 Å². The van der Waals surface area contributed by atoms with Gasteiger partial charge < -0.3 is 19.5 Å². The van der Waals surface area contributed by atoms with Crippen molar-refractivity contribution < 1.29 is 27.8 Å². The van der Waals surface area contributed by atoms with E-state index < -0.39 is 23.4 Å². The maximum Gasteiger partial charge on any atom is 0.418 e. The van der Waals surface area contributed by atoms with Gasteiger partial charge in [-0.25, -0.2) is 0 Å². The van der Waals surface area contributed by atoms with Crippen LogP contribution in [0.25, 0.3) is 16.9 Å². The molecule has 1 aliphatic carbocycles. The minimum Gasteiger partial charge on any atom is -0.493 e. The molecule has 2 aromatic carbocycles. The number of fused-ring (bicyclic) bond motifs is 1. The zero-order chi connectivity index (χ0) is 25.6. The molecule has 1 fully saturated rings. The van der Waals surface area contributed by atoms with Crippen molar-refractivity contribution in [2.45, 2.75) is 38.0 Å². The van der Waals surface area contributed by atoms with Crippen LogP contribution in [0.5, 0.6) is 11.5 Å². The van der Waals surface area contributed by atoms with Gasteiger partial charge in [0, 0.05) is 29.9 Å². The lowest BCUT2D eigenvalue weighted by Gasteiger charge is -2.22. The van der Waals surface area contributed by atoms with Crippen LogP contribution in [0.2, 0.25) is 0 Å². The Morgan fingerprint density at radius 3 is 2.44 bits per heavy atom. The number of anilines is 1. The van der Waals surface area contributed by atoms with Gasteiger partial charge in [0.05, 0.1) is 37.3 Å². The first kappa shape index (κ1) is 24.2. The molecule has 1 atom stereocenters. The van der Waals surface area contributed by atoms with Crippen molar-refractivity contribution in [3.8, 4) is 28.4 Å². The van der Waals surface area contributed by atoms with E-state index in [1.807, 2.05) is 4.90 Å². The standard InChI is InChI=1S/C26H26F3N3O4/c1-35-22-9-6-15(12-23(22)36-2)24-18-4-3-5-19(18)25(34)32(30-24)21-13-16(31-11-10-17(33)14-31)7-8-20(21)26(27,28)29/h6-9,12-13,17,33H,3-5,10-11,14H2,1-2H3. The van der Waals surface area contributed by atoms with Crippen LogP contribution >= 0.6 is 0 Å². The molecular weight excluding hydrogens is 475 g/mol. The molecule has 0 saturated carbocycles. The van der Waals surface area contributed by atoms with Gasteiger partial charge in [-0.3, -0.25) is 4.79 Å². The molecule has 1 unspecified atom stereocenters. The quantitative estimate of drug-likeness (QED) is 0.570. The molecule has 3 aromatic rings. The fourth-order valence-corrected chi connectivity index (χ4v) is 5.06. The minimum absolute atomic E-state index is 0.314. The number of hydrogen-bond acceptors (Lipinski definition) is 6. The average Bonchev–Trinajstić information content (AvgIpc) is 3.53. The Bertz CT molecular complexity index is 1370. The van der Waals surface area contributed by atoms with Crippen LogP contribution in [0.4, 0.5) is 18.9 Å². The highest BCUT2D eigenvalue weighted by molar-refractivity contribution is 5.69. The number of nitrogens with zero attached hydrogens (tertiary/aromatic N) is 3. The summed E-state index contributed by atoms with van der Waals surface area (Å²) in [5, 5.41) is 14.4. The molecule has 2 aliphatic rings. The first-order valence-electron chi connectivity index (χ1n) is 11.7. The molecule has 0 bridgehead atoms. The van der Waals surface area contributed by atoms with E-state index in [0.717, 1.165) is 16.3 Å². The maximum atomic E-state index is 14.1. The maximum absolute atomic E-state index is 14.1. The largest absolute Gasteiger partial charge is 0.493 e. The van der Waals surface area contributed by atoms with E-state index in [0.29, 0.717) is 72.8 Å². The Balaban J connectivity index is 1.73. The number of ether oxygens (including phenoxy) is 2. The molecule has 0 amide bonds. The average molecular weight is 502 g/mol. The molecule has 1 aromatic heterocycles. The molecule has 10 heteroatoms. The number of alkyl halides is 3. The van der Waals surface area contributed by atoms with Crippen LogP contribution in [0.15, 0.2) is 41.2 Å². The fourth-order valence-electron chi connectivity index (χ4n) is 5.06. The topological polar surface area (TPSA) is 76.8 Å². The Hall–Kier alpha value is -3.53. The molecule has 36 heavy (non-hydrogen) atoms. The number of aliphatic hydroxyl groups is 1. The van der Waals surface area contributed by atoms with Gasteiger partial charge in [-0.05, 0) is 67.6 Å². The second-order valence-electron chi connectivity index (χ2n) is 9.03. The van der Waals surface area contributed by atoms with Crippen molar-refractivity contribution in [3.05, 3.63) is 63.4 Å². The smallest absolute Gasteiger partial charge is 0.418 e. The van der Waals surface area contributed by atoms with Crippen LogP contribution in [-0.4, -0.2) is 48.3 Å². The Morgan fingerprint density at radius 2 is 1.78 bits per heavy atom. The zero-order valence-electron chi connectivity index (χ0n) is 19.9. The van der Waals surface area contributed by atoms with Crippen molar-refractivity contribution in [1.29, 1.82) is 0 Å². The van der Waals surface area contributed by atoms with Crippen LogP contribution < -0.4 is 19.9 Å². The van der Waals surface area contributed by atoms with E-state index in [-0.39, 0.29) is 5.69 Å². The summed E-state index contributed by atoms with van der Waals surface area (Å²) in [6, 6.07) is 8.86. The summed E-state index contributed by atoms with van der Waals surface area (Å²) in [6.45, 7) is 0.823. The van der Waals surface area contributed by atoms with Gasteiger partial charge in [0.25, 0.3) is 5.56 Å². The molecule has 190 valence electrons. The third-order valence-corrected chi connectivity index (χ3v) is 6.85. The second-order valence-corrected chi connectivity index (χ2v) is 9.03. The van der Waals surface area contributed by atoms with Gasteiger partial charge in [0.15, 0.2) is 11.5 Å². The van der Waals surface area contributed by atoms with E-state index in [1.54, 1.807) is 18.2 Å². The number of halogens is 3. The fraction of sp³-hybridized carbons (Fsp3) is 0.385. The highest BCUT2D eigenvalue weighted by Gasteiger charge is 2.36. The van der Waals surface area contributed by atoms with Crippen molar-refractivity contribution in [2.75, 3.05) is 32.2 Å².